The van der Waals surface area contributed by atoms with Crippen LogP contribution >= 0.6 is 0 Å². The molecule has 2 aromatic heterocycles. The maximum Gasteiger partial charge on any atom is 0.227 e. The third-order valence-corrected chi connectivity index (χ3v) is 9.67. The first kappa shape index (κ1) is 29.0. The number of hydrogen-bond acceptors (Lipinski definition) is 4. The van der Waals surface area contributed by atoms with E-state index in [-0.39, 0.29) is 0 Å². The van der Waals surface area contributed by atoms with Gasteiger partial charge in [0.25, 0.3) is 0 Å². The molecule has 0 amide bonds. The van der Waals surface area contributed by atoms with E-state index in [1.165, 1.54) is 21.9 Å². The van der Waals surface area contributed by atoms with E-state index < -0.39 is 0 Å². The van der Waals surface area contributed by atoms with Crippen LogP contribution in [0.15, 0.2) is 191 Å². The Labute approximate surface area is 294 Å². The molecule has 2 heterocycles. The van der Waals surface area contributed by atoms with E-state index in [9.17, 15) is 0 Å². The summed E-state index contributed by atoms with van der Waals surface area (Å²) in [5.41, 5.74) is 11.7. The molecule has 0 saturated heterocycles. The average molecular weight is 655 g/mol. The molecule has 10 rings (SSSR count). The number of fused-ring (bicyclic) bond motifs is 5. The molecule has 51 heavy (non-hydrogen) atoms. The predicted molar refractivity (Wildman–Crippen MR) is 210 cm³/mol. The minimum atomic E-state index is 0.597. The van der Waals surface area contributed by atoms with Crippen molar-refractivity contribution < 1.29 is 8.83 Å². The van der Waals surface area contributed by atoms with Crippen LogP contribution in [0.5, 0.6) is 0 Å². The van der Waals surface area contributed by atoms with Gasteiger partial charge in [-0.05, 0) is 87.6 Å². The first-order valence-electron chi connectivity index (χ1n) is 17.1. The number of rotatable bonds is 6. The molecule has 0 aliphatic rings. The number of nitrogens with zero attached hydrogens (tertiary/aromatic N) is 2. The van der Waals surface area contributed by atoms with E-state index >= 15 is 0 Å². The Hall–Kier alpha value is -6.91. The van der Waals surface area contributed by atoms with Crippen LogP contribution in [-0.2, 0) is 0 Å². The topological polar surface area (TPSA) is 42.4 Å². The van der Waals surface area contributed by atoms with E-state index in [1.807, 2.05) is 42.5 Å². The molecule has 10 aromatic rings. The first-order valence-corrected chi connectivity index (χ1v) is 17.1. The van der Waals surface area contributed by atoms with Gasteiger partial charge in [0.05, 0.1) is 5.69 Å². The molecule has 0 radical (unpaired) electrons. The van der Waals surface area contributed by atoms with Crippen LogP contribution < -0.4 is 4.90 Å². The zero-order chi connectivity index (χ0) is 33.7. The normalized spacial score (nSPS) is 11.5. The quantitative estimate of drug-likeness (QED) is 0.179. The minimum Gasteiger partial charge on any atom is -0.454 e. The van der Waals surface area contributed by atoms with E-state index in [0.717, 1.165) is 66.8 Å². The second-order valence-electron chi connectivity index (χ2n) is 12.8. The van der Waals surface area contributed by atoms with Gasteiger partial charge in [-0.25, -0.2) is 4.98 Å². The number of furan rings is 1. The summed E-state index contributed by atoms with van der Waals surface area (Å²) in [5, 5.41) is 4.45. The molecule has 0 unspecified atom stereocenters. The summed E-state index contributed by atoms with van der Waals surface area (Å²) in [5.74, 6) is 0.597. The van der Waals surface area contributed by atoms with Crippen LogP contribution in [-0.4, -0.2) is 4.98 Å². The van der Waals surface area contributed by atoms with Crippen molar-refractivity contribution in [1.29, 1.82) is 0 Å². The molecule has 0 aliphatic heterocycles. The van der Waals surface area contributed by atoms with Gasteiger partial charge in [-0.3, -0.25) is 0 Å². The third-order valence-electron chi connectivity index (χ3n) is 9.67. The summed E-state index contributed by atoms with van der Waals surface area (Å²) in [6.45, 7) is 0. The van der Waals surface area contributed by atoms with Gasteiger partial charge >= 0.3 is 0 Å². The molecule has 4 heteroatoms. The largest absolute Gasteiger partial charge is 0.454 e. The standard InChI is InChI=1S/C47H30N2O2/c1-3-11-31(12-4-1)33-23-25-38(26-24-33)49(39-18-9-17-36(28-39)37-22-21-32-13-7-8-16-35(32)27-37)43-20-10-19-40-41-29-45-42(30-44(41)50-46(40)43)48-47(51-45)34-14-5-2-6-15-34/h1-30H. The number of para-hydroxylation sites is 1. The van der Waals surface area contributed by atoms with Gasteiger partial charge in [0, 0.05) is 33.8 Å². The second-order valence-corrected chi connectivity index (χ2v) is 12.8. The van der Waals surface area contributed by atoms with E-state index in [0.29, 0.717) is 5.89 Å². The Morgan fingerprint density at radius 2 is 1.06 bits per heavy atom. The Bertz CT molecular complexity index is 2850. The molecule has 0 fully saturated rings. The molecular weight excluding hydrogens is 625 g/mol. The highest BCUT2D eigenvalue weighted by molar-refractivity contribution is 6.13. The zero-order valence-corrected chi connectivity index (χ0v) is 27.5. The van der Waals surface area contributed by atoms with Crippen molar-refractivity contribution >= 4 is 60.9 Å². The Balaban J connectivity index is 1.14. The smallest absolute Gasteiger partial charge is 0.227 e. The second kappa shape index (κ2) is 11.9. The summed E-state index contributed by atoms with van der Waals surface area (Å²) in [7, 11) is 0. The van der Waals surface area contributed by atoms with Crippen molar-refractivity contribution in [3.63, 3.8) is 0 Å². The number of aromatic nitrogens is 1. The van der Waals surface area contributed by atoms with Gasteiger partial charge in [0.2, 0.25) is 5.89 Å². The number of anilines is 3. The Morgan fingerprint density at radius 1 is 0.392 bits per heavy atom. The van der Waals surface area contributed by atoms with Gasteiger partial charge in [-0.15, -0.1) is 0 Å². The van der Waals surface area contributed by atoms with Crippen molar-refractivity contribution in [2.75, 3.05) is 4.90 Å². The molecule has 240 valence electrons. The van der Waals surface area contributed by atoms with Gasteiger partial charge in [-0.2, -0.15) is 0 Å². The van der Waals surface area contributed by atoms with Crippen LogP contribution in [0.4, 0.5) is 17.1 Å². The number of oxazole rings is 1. The highest BCUT2D eigenvalue weighted by Gasteiger charge is 2.21. The average Bonchev–Trinajstić information content (AvgIpc) is 3.79. The third kappa shape index (κ3) is 5.13. The summed E-state index contributed by atoms with van der Waals surface area (Å²) in [4.78, 5) is 7.10. The van der Waals surface area contributed by atoms with Gasteiger partial charge < -0.3 is 13.7 Å². The van der Waals surface area contributed by atoms with Crippen molar-refractivity contribution in [2.45, 2.75) is 0 Å². The van der Waals surface area contributed by atoms with E-state index in [4.69, 9.17) is 13.8 Å². The van der Waals surface area contributed by atoms with Crippen LogP contribution in [0.25, 0.3) is 77.5 Å². The fourth-order valence-electron chi connectivity index (χ4n) is 7.14. The molecule has 8 aromatic carbocycles. The van der Waals surface area contributed by atoms with Crippen molar-refractivity contribution in [2.24, 2.45) is 0 Å². The maximum atomic E-state index is 6.76. The van der Waals surface area contributed by atoms with Crippen molar-refractivity contribution in [3.8, 4) is 33.7 Å². The Morgan fingerprint density at radius 3 is 1.88 bits per heavy atom. The number of hydrogen-bond donors (Lipinski definition) is 0. The number of benzene rings is 8. The van der Waals surface area contributed by atoms with E-state index in [2.05, 4.69) is 144 Å². The summed E-state index contributed by atoms with van der Waals surface area (Å²) < 4.78 is 13.0. The fraction of sp³-hybridized carbons (Fsp3) is 0. The van der Waals surface area contributed by atoms with Gasteiger partial charge in [-0.1, -0.05) is 121 Å². The molecular formula is C47H30N2O2. The van der Waals surface area contributed by atoms with Crippen molar-refractivity contribution in [1.82, 2.24) is 4.98 Å². The van der Waals surface area contributed by atoms with Crippen LogP contribution in [0.1, 0.15) is 0 Å². The molecule has 0 bridgehead atoms. The molecule has 0 spiro atoms. The SMILES string of the molecule is c1ccc(-c2ccc(N(c3cccc(-c4ccc5ccccc5c4)c3)c3cccc4c3oc3cc5nc(-c6ccccc6)oc5cc34)cc2)cc1. The van der Waals surface area contributed by atoms with Crippen LogP contribution in [0.3, 0.4) is 0 Å². The summed E-state index contributed by atoms with van der Waals surface area (Å²) in [6.07, 6.45) is 0. The molecule has 0 atom stereocenters. The highest BCUT2D eigenvalue weighted by atomic mass is 16.4. The lowest BCUT2D eigenvalue weighted by Gasteiger charge is -2.26. The maximum absolute atomic E-state index is 6.76. The summed E-state index contributed by atoms with van der Waals surface area (Å²) in [6, 6.07) is 63.5. The predicted octanol–water partition coefficient (Wildman–Crippen LogP) is 13.4. The zero-order valence-electron chi connectivity index (χ0n) is 27.5. The van der Waals surface area contributed by atoms with Gasteiger partial charge in [0.15, 0.2) is 11.2 Å². The van der Waals surface area contributed by atoms with Crippen LogP contribution in [0.2, 0.25) is 0 Å². The van der Waals surface area contributed by atoms with Crippen molar-refractivity contribution in [3.05, 3.63) is 182 Å². The lowest BCUT2D eigenvalue weighted by atomic mass is 10.00. The lowest BCUT2D eigenvalue weighted by Crippen LogP contribution is -2.10. The van der Waals surface area contributed by atoms with Gasteiger partial charge in [0.1, 0.15) is 11.1 Å². The monoisotopic (exact) mass is 654 g/mol. The van der Waals surface area contributed by atoms with Crippen LogP contribution in [0, 0.1) is 0 Å². The Kier molecular flexibility index (Phi) is 6.78. The molecule has 4 nitrogen and oxygen atoms in total. The van der Waals surface area contributed by atoms with E-state index in [1.54, 1.807) is 0 Å². The highest BCUT2D eigenvalue weighted by Crippen LogP contribution is 2.44. The molecule has 0 saturated carbocycles. The minimum absolute atomic E-state index is 0.597. The fourth-order valence-corrected chi connectivity index (χ4v) is 7.14. The molecule has 0 aliphatic carbocycles. The summed E-state index contributed by atoms with van der Waals surface area (Å²) >= 11 is 0. The molecule has 0 N–H and O–H groups in total. The first-order chi connectivity index (χ1) is 25.2. The lowest BCUT2D eigenvalue weighted by molar-refractivity contribution is 0.620.